The number of nitrogens with zero attached hydrogens (tertiary/aromatic N) is 2. The molecule has 0 saturated carbocycles. The van der Waals surface area contributed by atoms with Gasteiger partial charge in [0.25, 0.3) is 0 Å². The number of hydrogen-bond acceptors (Lipinski definition) is 4. The Labute approximate surface area is 127 Å². The van der Waals surface area contributed by atoms with Gasteiger partial charge in [-0.05, 0) is 57.5 Å². The summed E-state index contributed by atoms with van der Waals surface area (Å²) in [4.78, 5) is 17.3. The largest absolute Gasteiger partial charge is 0.381 e. The Balaban J connectivity index is 1.47. The minimum Gasteiger partial charge on any atom is -0.381 e. The second kappa shape index (κ2) is 6.63. The van der Waals surface area contributed by atoms with E-state index in [1.807, 2.05) is 4.90 Å². The molecule has 3 aliphatic heterocycles. The number of piperidine rings is 1. The predicted molar refractivity (Wildman–Crippen MR) is 81.9 cm³/mol. The number of rotatable bonds is 3. The Kier molecular flexibility index (Phi) is 4.82. The number of amides is 1. The predicted octanol–water partition coefficient (Wildman–Crippen LogP) is 0.829. The van der Waals surface area contributed by atoms with Crippen molar-refractivity contribution in [1.29, 1.82) is 0 Å². The Morgan fingerprint density at radius 2 is 1.71 bits per heavy atom. The first-order chi connectivity index (χ1) is 10.2. The molecule has 0 bridgehead atoms. The Morgan fingerprint density at radius 1 is 1.10 bits per heavy atom. The molecule has 5 nitrogen and oxygen atoms in total. The van der Waals surface area contributed by atoms with Gasteiger partial charge in [-0.3, -0.25) is 4.79 Å². The highest BCUT2D eigenvalue weighted by molar-refractivity contribution is 5.86. The van der Waals surface area contributed by atoms with E-state index in [0.29, 0.717) is 26.1 Å². The second-order valence-corrected chi connectivity index (χ2v) is 7.01. The zero-order valence-corrected chi connectivity index (χ0v) is 13.1. The number of hydrogen-bond donors (Lipinski definition) is 1. The van der Waals surface area contributed by atoms with Crippen LogP contribution in [0.3, 0.4) is 0 Å². The first-order valence-electron chi connectivity index (χ1n) is 8.56. The van der Waals surface area contributed by atoms with Gasteiger partial charge in [-0.2, -0.15) is 0 Å². The van der Waals surface area contributed by atoms with Crippen LogP contribution in [-0.4, -0.2) is 67.2 Å². The molecule has 0 aromatic rings. The Morgan fingerprint density at radius 3 is 2.33 bits per heavy atom. The number of carbonyl (C=O) groups excluding carboxylic acids is 1. The fourth-order valence-corrected chi connectivity index (χ4v) is 3.91. The van der Waals surface area contributed by atoms with E-state index in [-0.39, 0.29) is 5.91 Å². The van der Waals surface area contributed by atoms with Crippen LogP contribution in [0.15, 0.2) is 0 Å². The van der Waals surface area contributed by atoms with Crippen molar-refractivity contribution in [1.82, 2.24) is 9.80 Å². The molecule has 2 N–H and O–H groups in total. The van der Waals surface area contributed by atoms with Gasteiger partial charge in [0.05, 0.1) is 5.54 Å². The molecule has 0 aromatic heterocycles. The summed E-state index contributed by atoms with van der Waals surface area (Å²) in [6, 6.07) is 0. The molecule has 3 heterocycles. The van der Waals surface area contributed by atoms with E-state index in [0.717, 1.165) is 31.8 Å². The molecule has 0 aliphatic carbocycles. The van der Waals surface area contributed by atoms with Crippen LogP contribution in [0.1, 0.15) is 38.5 Å². The lowest BCUT2D eigenvalue weighted by Crippen LogP contribution is -2.59. The van der Waals surface area contributed by atoms with Crippen LogP contribution in [0.4, 0.5) is 0 Å². The van der Waals surface area contributed by atoms with Crippen LogP contribution in [-0.2, 0) is 9.53 Å². The summed E-state index contributed by atoms with van der Waals surface area (Å²) in [6.07, 6.45) is 6.31. The number of ether oxygens (including phenoxy) is 1. The summed E-state index contributed by atoms with van der Waals surface area (Å²) >= 11 is 0. The van der Waals surface area contributed by atoms with Crippen molar-refractivity contribution in [3.05, 3.63) is 0 Å². The number of likely N-dealkylation sites (tertiary alicyclic amines) is 2. The van der Waals surface area contributed by atoms with Crippen molar-refractivity contribution in [2.45, 2.75) is 44.1 Å². The van der Waals surface area contributed by atoms with Gasteiger partial charge in [-0.1, -0.05) is 0 Å². The molecule has 120 valence electrons. The maximum Gasteiger partial charge on any atom is 0.242 e. The summed E-state index contributed by atoms with van der Waals surface area (Å²) in [5, 5.41) is 0. The maximum absolute atomic E-state index is 12.7. The molecule has 0 radical (unpaired) electrons. The molecular formula is C16H29N3O2. The highest BCUT2D eigenvalue weighted by atomic mass is 16.5. The van der Waals surface area contributed by atoms with E-state index >= 15 is 0 Å². The van der Waals surface area contributed by atoms with Gasteiger partial charge in [0.15, 0.2) is 0 Å². The quantitative estimate of drug-likeness (QED) is 0.838. The molecule has 5 heteroatoms. The molecule has 1 amide bonds. The van der Waals surface area contributed by atoms with E-state index in [2.05, 4.69) is 4.90 Å². The Hall–Kier alpha value is -0.650. The summed E-state index contributed by atoms with van der Waals surface area (Å²) in [5.41, 5.74) is 5.65. The fraction of sp³-hybridized carbons (Fsp3) is 0.938. The normalized spacial score (nSPS) is 28.0. The minimum absolute atomic E-state index is 0.158. The SMILES string of the molecule is NC1(C(=O)N2CCC(CN3CCCC3)CC2)CCOCC1. The third kappa shape index (κ3) is 3.58. The van der Waals surface area contributed by atoms with Gasteiger partial charge in [0.2, 0.25) is 5.91 Å². The van der Waals surface area contributed by atoms with Crippen LogP contribution < -0.4 is 5.73 Å². The molecule has 3 saturated heterocycles. The fourth-order valence-electron chi connectivity index (χ4n) is 3.91. The van der Waals surface area contributed by atoms with Crippen molar-refractivity contribution < 1.29 is 9.53 Å². The highest BCUT2D eigenvalue weighted by Gasteiger charge is 2.39. The van der Waals surface area contributed by atoms with E-state index in [4.69, 9.17) is 10.5 Å². The number of carbonyl (C=O) groups is 1. The van der Waals surface area contributed by atoms with Crippen molar-refractivity contribution in [2.24, 2.45) is 11.7 Å². The van der Waals surface area contributed by atoms with E-state index in [9.17, 15) is 4.79 Å². The first kappa shape index (κ1) is 15.3. The van der Waals surface area contributed by atoms with Crippen molar-refractivity contribution in [3.63, 3.8) is 0 Å². The van der Waals surface area contributed by atoms with E-state index in [1.54, 1.807) is 0 Å². The van der Waals surface area contributed by atoms with Crippen LogP contribution in [0.5, 0.6) is 0 Å². The van der Waals surface area contributed by atoms with Crippen LogP contribution >= 0.6 is 0 Å². The monoisotopic (exact) mass is 295 g/mol. The van der Waals surface area contributed by atoms with Gasteiger partial charge < -0.3 is 20.3 Å². The van der Waals surface area contributed by atoms with Gasteiger partial charge in [0.1, 0.15) is 0 Å². The van der Waals surface area contributed by atoms with Gasteiger partial charge in [-0.15, -0.1) is 0 Å². The molecule has 0 unspecified atom stereocenters. The van der Waals surface area contributed by atoms with Crippen LogP contribution in [0.2, 0.25) is 0 Å². The lowest BCUT2D eigenvalue weighted by Gasteiger charge is -2.40. The topological polar surface area (TPSA) is 58.8 Å². The third-order valence-electron chi connectivity index (χ3n) is 5.43. The zero-order valence-electron chi connectivity index (χ0n) is 13.1. The molecule has 0 spiro atoms. The first-order valence-corrected chi connectivity index (χ1v) is 8.56. The average Bonchev–Trinajstić information content (AvgIpc) is 3.01. The van der Waals surface area contributed by atoms with Crippen LogP contribution in [0, 0.1) is 5.92 Å². The van der Waals surface area contributed by atoms with E-state index < -0.39 is 5.54 Å². The van der Waals surface area contributed by atoms with Crippen molar-refractivity contribution >= 4 is 5.91 Å². The summed E-state index contributed by atoms with van der Waals surface area (Å²) < 4.78 is 5.34. The lowest BCUT2D eigenvalue weighted by molar-refractivity contribution is -0.142. The number of nitrogens with two attached hydrogens (primary N) is 1. The van der Waals surface area contributed by atoms with E-state index in [1.165, 1.54) is 32.5 Å². The summed E-state index contributed by atoms with van der Waals surface area (Å²) in [6.45, 7) is 6.77. The summed E-state index contributed by atoms with van der Waals surface area (Å²) in [7, 11) is 0. The van der Waals surface area contributed by atoms with Crippen molar-refractivity contribution in [2.75, 3.05) is 45.9 Å². The summed E-state index contributed by atoms with van der Waals surface area (Å²) in [5.74, 6) is 0.918. The molecule has 0 aromatic carbocycles. The van der Waals surface area contributed by atoms with Crippen LogP contribution in [0.25, 0.3) is 0 Å². The highest BCUT2D eigenvalue weighted by Crippen LogP contribution is 2.25. The van der Waals surface area contributed by atoms with Gasteiger partial charge in [-0.25, -0.2) is 0 Å². The lowest BCUT2D eigenvalue weighted by atomic mass is 9.88. The van der Waals surface area contributed by atoms with Gasteiger partial charge in [0, 0.05) is 32.8 Å². The second-order valence-electron chi connectivity index (χ2n) is 7.01. The maximum atomic E-state index is 12.7. The molecule has 0 atom stereocenters. The van der Waals surface area contributed by atoms with Gasteiger partial charge >= 0.3 is 0 Å². The molecule has 3 rings (SSSR count). The molecule has 3 fully saturated rings. The molecule has 21 heavy (non-hydrogen) atoms. The third-order valence-corrected chi connectivity index (χ3v) is 5.43. The Bertz CT molecular complexity index is 355. The average molecular weight is 295 g/mol. The standard InChI is InChI=1S/C16H29N3O2/c17-16(5-11-21-12-6-16)15(20)19-9-3-14(4-10-19)13-18-7-1-2-8-18/h14H,1-13,17H2. The zero-order chi connectivity index (χ0) is 14.7. The van der Waals surface area contributed by atoms with Crippen molar-refractivity contribution in [3.8, 4) is 0 Å². The molecule has 3 aliphatic rings. The minimum atomic E-state index is -0.667. The molecular weight excluding hydrogens is 266 g/mol. The smallest absolute Gasteiger partial charge is 0.242 e.